The van der Waals surface area contributed by atoms with Crippen LogP contribution >= 0.6 is 0 Å². The van der Waals surface area contributed by atoms with Gasteiger partial charge in [-0.1, -0.05) is 48.5 Å². The molecule has 0 spiro atoms. The number of benzene rings is 2. The van der Waals surface area contributed by atoms with E-state index in [0.717, 1.165) is 44.6 Å². The quantitative estimate of drug-likeness (QED) is 0.889. The highest BCUT2D eigenvalue weighted by molar-refractivity contribution is 5.91. The molecule has 0 bridgehead atoms. The summed E-state index contributed by atoms with van der Waals surface area (Å²) in [6.07, 6.45) is 3.74. The number of nitrogens with zero attached hydrogens (tertiary/aromatic N) is 1. The molecular formula is C22H26N2O. The Hall–Kier alpha value is -2.13. The summed E-state index contributed by atoms with van der Waals surface area (Å²) in [6.45, 7) is 3.80. The van der Waals surface area contributed by atoms with Crippen LogP contribution < -0.4 is 5.32 Å². The van der Waals surface area contributed by atoms with Crippen molar-refractivity contribution in [1.82, 2.24) is 5.32 Å². The second-order valence-corrected chi connectivity index (χ2v) is 7.42. The van der Waals surface area contributed by atoms with Gasteiger partial charge in [0.15, 0.2) is 0 Å². The highest BCUT2D eigenvalue weighted by Crippen LogP contribution is 2.40. The van der Waals surface area contributed by atoms with Gasteiger partial charge < -0.3 is 10.4 Å². The lowest BCUT2D eigenvalue weighted by atomic mass is 9.74. The lowest BCUT2D eigenvalue weighted by Gasteiger charge is -2.37. The molecule has 2 N–H and O–H groups in total. The molecule has 1 fully saturated rings. The summed E-state index contributed by atoms with van der Waals surface area (Å²) < 4.78 is 0. The van der Waals surface area contributed by atoms with E-state index in [0.29, 0.717) is 5.92 Å². The molecule has 3 nitrogen and oxygen atoms in total. The molecule has 0 amide bonds. The number of rotatable bonds is 3. The number of aryl methyl sites for hydroxylation is 1. The molecule has 0 saturated heterocycles. The van der Waals surface area contributed by atoms with Gasteiger partial charge in [0.25, 0.3) is 0 Å². The minimum absolute atomic E-state index is 0.381. The van der Waals surface area contributed by atoms with E-state index >= 15 is 0 Å². The molecule has 130 valence electrons. The Morgan fingerprint density at radius 1 is 1.16 bits per heavy atom. The van der Waals surface area contributed by atoms with Crippen molar-refractivity contribution in [3.05, 3.63) is 59.7 Å². The molecule has 25 heavy (non-hydrogen) atoms. The third-order valence-corrected chi connectivity index (χ3v) is 5.66. The minimum atomic E-state index is -0.781. The maximum atomic E-state index is 11.2. The van der Waals surface area contributed by atoms with Crippen molar-refractivity contribution in [3.63, 3.8) is 0 Å². The Balaban J connectivity index is 1.63. The van der Waals surface area contributed by atoms with Gasteiger partial charge >= 0.3 is 0 Å². The molecule has 2 aliphatic rings. The van der Waals surface area contributed by atoms with Gasteiger partial charge in [0.1, 0.15) is 11.4 Å². The number of hydrogen-bond acceptors (Lipinski definition) is 3. The van der Waals surface area contributed by atoms with E-state index in [1.165, 1.54) is 22.3 Å². The Bertz CT molecular complexity index is 784. The second kappa shape index (κ2) is 6.64. The van der Waals surface area contributed by atoms with Crippen molar-refractivity contribution in [2.75, 3.05) is 13.1 Å². The molecule has 0 radical (unpaired) electrons. The van der Waals surface area contributed by atoms with Crippen molar-refractivity contribution >= 4 is 5.84 Å². The number of hydrogen-bond donors (Lipinski definition) is 2. The first-order valence-electron chi connectivity index (χ1n) is 9.33. The highest BCUT2D eigenvalue weighted by Gasteiger charge is 2.40. The van der Waals surface area contributed by atoms with Gasteiger partial charge in [-0.05, 0) is 60.8 Å². The third-order valence-electron chi connectivity index (χ3n) is 5.66. The van der Waals surface area contributed by atoms with Crippen molar-refractivity contribution < 1.29 is 5.11 Å². The summed E-state index contributed by atoms with van der Waals surface area (Å²) in [6, 6.07) is 17.3. The molecule has 2 aromatic rings. The molecular weight excluding hydrogens is 308 g/mol. The summed E-state index contributed by atoms with van der Waals surface area (Å²) in [5.41, 5.74) is 4.40. The van der Waals surface area contributed by atoms with Gasteiger partial charge in [-0.15, -0.1) is 0 Å². The number of nitrogens with one attached hydrogen (secondary N) is 1. The molecule has 1 aliphatic carbocycles. The predicted molar refractivity (Wildman–Crippen MR) is 103 cm³/mol. The molecule has 2 aromatic carbocycles. The summed E-state index contributed by atoms with van der Waals surface area (Å²) in [7, 11) is 0. The smallest absolute Gasteiger partial charge is 0.129 e. The van der Waals surface area contributed by atoms with Crippen LogP contribution in [-0.4, -0.2) is 29.6 Å². The van der Waals surface area contributed by atoms with Gasteiger partial charge in [0.2, 0.25) is 0 Å². The third kappa shape index (κ3) is 3.21. The summed E-state index contributed by atoms with van der Waals surface area (Å²) in [5, 5.41) is 14.4. The van der Waals surface area contributed by atoms with Gasteiger partial charge in [0, 0.05) is 6.54 Å². The van der Waals surface area contributed by atoms with Crippen LogP contribution in [0.4, 0.5) is 0 Å². The first kappa shape index (κ1) is 16.3. The normalized spacial score (nSPS) is 26.2. The van der Waals surface area contributed by atoms with Crippen LogP contribution in [-0.2, 0) is 0 Å². The van der Waals surface area contributed by atoms with E-state index in [1.54, 1.807) is 0 Å². The van der Waals surface area contributed by atoms with Crippen LogP contribution in [0, 0.1) is 6.92 Å². The summed E-state index contributed by atoms with van der Waals surface area (Å²) in [5.74, 6) is 1.19. The number of aliphatic imine (C=N–C) groups is 1. The minimum Gasteiger partial charge on any atom is -0.382 e. The van der Waals surface area contributed by atoms with Crippen molar-refractivity contribution in [3.8, 4) is 11.1 Å². The lowest BCUT2D eigenvalue weighted by molar-refractivity contribution is 0.0592. The number of aliphatic hydroxyl groups is 1. The van der Waals surface area contributed by atoms with Gasteiger partial charge in [0.05, 0.1) is 6.54 Å². The average molecular weight is 334 g/mol. The van der Waals surface area contributed by atoms with Crippen LogP contribution in [0.1, 0.15) is 42.7 Å². The van der Waals surface area contributed by atoms with E-state index in [9.17, 15) is 5.11 Å². The molecule has 1 aliphatic heterocycles. The van der Waals surface area contributed by atoms with Gasteiger partial charge in [-0.3, -0.25) is 4.99 Å². The van der Waals surface area contributed by atoms with E-state index < -0.39 is 5.60 Å². The fourth-order valence-electron chi connectivity index (χ4n) is 4.28. The van der Waals surface area contributed by atoms with Crippen LogP contribution in [0.2, 0.25) is 0 Å². The zero-order valence-electron chi connectivity index (χ0n) is 14.8. The molecule has 0 aromatic heterocycles. The lowest BCUT2D eigenvalue weighted by Crippen LogP contribution is -2.47. The zero-order valence-corrected chi connectivity index (χ0v) is 14.8. The Labute approximate surface area is 149 Å². The molecule has 1 heterocycles. The van der Waals surface area contributed by atoms with Crippen LogP contribution in [0.25, 0.3) is 11.1 Å². The summed E-state index contributed by atoms with van der Waals surface area (Å²) in [4.78, 5) is 4.49. The Morgan fingerprint density at radius 3 is 2.76 bits per heavy atom. The van der Waals surface area contributed by atoms with E-state index in [-0.39, 0.29) is 0 Å². The maximum Gasteiger partial charge on any atom is 0.129 e. The van der Waals surface area contributed by atoms with Crippen LogP contribution in [0.5, 0.6) is 0 Å². The van der Waals surface area contributed by atoms with Crippen LogP contribution in [0.15, 0.2) is 53.5 Å². The zero-order chi connectivity index (χ0) is 17.3. The van der Waals surface area contributed by atoms with E-state index in [4.69, 9.17) is 0 Å². The Kier molecular flexibility index (Phi) is 4.34. The first-order valence-corrected chi connectivity index (χ1v) is 9.33. The molecule has 4 rings (SSSR count). The SMILES string of the molecule is Cc1ccc(C2CCCC(O)(C3=NCCN3)C2)cc1-c1ccccc1. The topological polar surface area (TPSA) is 44.6 Å². The van der Waals surface area contributed by atoms with Crippen molar-refractivity contribution in [2.24, 2.45) is 4.99 Å². The van der Waals surface area contributed by atoms with E-state index in [1.807, 2.05) is 0 Å². The largest absolute Gasteiger partial charge is 0.382 e. The van der Waals surface area contributed by atoms with Gasteiger partial charge in [-0.2, -0.15) is 0 Å². The van der Waals surface area contributed by atoms with Crippen molar-refractivity contribution in [1.29, 1.82) is 0 Å². The molecule has 1 saturated carbocycles. The summed E-state index contributed by atoms with van der Waals surface area (Å²) >= 11 is 0. The fraction of sp³-hybridized carbons (Fsp3) is 0.409. The van der Waals surface area contributed by atoms with Crippen LogP contribution in [0.3, 0.4) is 0 Å². The monoisotopic (exact) mass is 334 g/mol. The molecule has 2 atom stereocenters. The first-order chi connectivity index (χ1) is 12.2. The number of amidine groups is 1. The van der Waals surface area contributed by atoms with E-state index in [2.05, 4.69) is 65.8 Å². The predicted octanol–water partition coefficient (Wildman–Crippen LogP) is 4.05. The maximum absolute atomic E-state index is 11.2. The molecule has 2 unspecified atom stereocenters. The molecule has 3 heteroatoms. The highest BCUT2D eigenvalue weighted by atomic mass is 16.3. The Morgan fingerprint density at radius 2 is 2.00 bits per heavy atom. The average Bonchev–Trinajstić information content (AvgIpc) is 3.19. The van der Waals surface area contributed by atoms with Gasteiger partial charge in [-0.25, -0.2) is 0 Å². The second-order valence-electron chi connectivity index (χ2n) is 7.42. The standard InChI is InChI=1S/C22H26N2O/c1-16-9-10-18(14-20(16)17-6-3-2-4-7-17)19-8-5-11-22(25,15-19)21-23-12-13-24-21/h2-4,6-7,9-10,14,19,25H,5,8,11-13,15H2,1H3,(H,23,24). The van der Waals surface area contributed by atoms with Crippen molar-refractivity contribution in [2.45, 2.75) is 44.1 Å². The fourth-order valence-corrected chi connectivity index (χ4v) is 4.28.